The van der Waals surface area contributed by atoms with Gasteiger partial charge >= 0.3 is 0 Å². The summed E-state index contributed by atoms with van der Waals surface area (Å²) in [5.74, 6) is 0.316. The number of halogens is 1. The van der Waals surface area contributed by atoms with E-state index >= 15 is 0 Å². The van der Waals surface area contributed by atoms with Crippen molar-refractivity contribution in [2.45, 2.75) is 0 Å². The first-order valence-corrected chi connectivity index (χ1v) is 5.06. The fraction of sp³-hybridized carbons (Fsp3) is 0. The SMILES string of the molecule is Cl.Oc1ccc(-c2nc3ccncc3[nH]2)cc1O. The van der Waals surface area contributed by atoms with Gasteiger partial charge in [0.2, 0.25) is 0 Å². The van der Waals surface area contributed by atoms with Crippen molar-refractivity contribution in [1.82, 2.24) is 15.0 Å². The van der Waals surface area contributed by atoms with Gasteiger partial charge in [-0.05, 0) is 24.3 Å². The zero-order chi connectivity index (χ0) is 11.8. The number of fused-ring (bicyclic) bond motifs is 1. The highest BCUT2D eigenvalue weighted by Gasteiger charge is 2.07. The van der Waals surface area contributed by atoms with Gasteiger partial charge in [0.25, 0.3) is 0 Å². The lowest BCUT2D eigenvalue weighted by Crippen LogP contribution is -1.80. The molecule has 2 heterocycles. The van der Waals surface area contributed by atoms with Crippen molar-refractivity contribution in [3.05, 3.63) is 36.7 Å². The number of phenolic OH excluding ortho intramolecular Hbond substituents is 2. The minimum absolute atomic E-state index is 0. The van der Waals surface area contributed by atoms with E-state index in [1.54, 1.807) is 24.5 Å². The quantitative estimate of drug-likeness (QED) is 0.589. The molecular weight excluding hydrogens is 254 g/mol. The minimum Gasteiger partial charge on any atom is -0.504 e. The normalized spacial score (nSPS) is 10.2. The van der Waals surface area contributed by atoms with Crippen LogP contribution in [0.4, 0.5) is 0 Å². The number of hydrogen-bond donors (Lipinski definition) is 3. The number of pyridine rings is 1. The molecule has 0 aliphatic rings. The highest BCUT2D eigenvalue weighted by atomic mass is 35.5. The van der Waals surface area contributed by atoms with Crippen LogP contribution in [0.25, 0.3) is 22.4 Å². The van der Waals surface area contributed by atoms with E-state index in [0.29, 0.717) is 11.4 Å². The summed E-state index contributed by atoms with van der Waals surface area (Å²) in [5.41, 5.74) is 2.34. The number of benzene rings is 1. The molecule has 3 aromatic rings. The fourth-order valence-electron chi connectivity index (χ4n) is 1.66. The lowest BCUT2D eigenvalue weighted by Gasteiger charge is -1.99. The van der Waals surface area contributed by atoms with Gasteiger partial charge in [0.15, 0.2) is 11.5 Å². The maximum atomic E-state index is 9.43. The summed E-state index contributed by atoms with van der Waals surface area (Å²) in [4.78, 5) is 11.4. The number of nitrogens with zero attached hydrogens (tertiary/aromatic N) is 2. The number of aromatic nitrogens is 3. The third-order valence-corrected chi connectivity index (χ3v) is 2.53. The molecule has 0 bridgehead atoms. The maximum Gasteiger partial charge on any atom is 0.158 e. The molecular formula is C12H10ClN3O2. The molecule has 5 nitrogen and oxygen atoms in total. The van der Waals surface area contributed by atoms with Crippen molar-refractivity contribution in [3.8, 4) is 22.9 Å². The summed E-state index contributed by atoms with van der Waals surface area (Å²) in [6, 6.07) is 6.37. The standard InChI is InChI=1S/C12H9N3O2.ClH/c16-10-2-1-7(5-11(10)17)12-14-8-3-4-13-6-9(8)15-12;/h1-6,16-17H,(H,14,15);1H. The lowest BCUT2D eigenvalue weighted by molar-refractivity contribution is 0.404. The van der Waals surface area contributed by atoms with Crippen LogP contribution in [-0.4, -0.2) is 25.2 Å². The number of imidazole rings is 1. The van der Waals surface area contributed by atoms with Crippen LogP contribution in [0.3, 0.4) is 0 Å². The lowest BCUT2D eigenvalue weighted by atomic mass is 10.2. The van der Waals surface area contributed by atoms with Gasteiger partial charge < -0.3 is 15.2 Å². The molecule has 0 saturated carbocycles. The Balaban J connectivity index is 0.00000120. The van der Waals surface area contributed by atoms with Gasteiger partial charge in [-0.15, -0.1) is 12.4 Å². The summed E-state index contributed by atoms with van der Waals surface area (Å²) in [5, 5.41) is 18.7. The van der Waals surface area contributed by atoms with Gasteiger partial charge in [-0.25, -0.2) is 4.98 Å². The molecule has 0 amide bonds. The van der Waals surface area contributed by atoms with E-state index in [4.69, 9.17) is 0 Å². The first kappa shape index (κ1) is 12.2. The third-order valence-electron chi connectivity index (χ3n) is 2.53. The van der Waals surface area contributed by atoms with Crippen LogP contribution in [0, 0.1) is 0 Å². The Morgan fingerprint density at radius 2 is 1.89 bits per heavy atom. The molecule has 0 atom stereocenters. The van der Waals surface area contributed by atoms with Crippen LogP contribution in [0.5, 0.6) is 11.5 Å². The number of hydrogen-bond acceptors (Lipinski definition) is 4. The first-order valence-electron chi connectivity index (χ1n) is 5.06. The van der Waals surface area contributed by atoms with Crippen molar-refractivity contribution >= 4 is 23.4 Å². The summed E-state index contributed by atoms with van der Waals surface area (Å²) in [7, 11) is 0. The molecule has 2 aromatic heterocycles. The second kappa shape index (κ2) is 4.54. The molecule has 6 heteroatoms. The third kappa shape index (κ3) is 1.96. The molecule has 0 unspecified atom stereocenters. The van der Waals surface area contributed by atoms with Crippen molar-refractivity contribution in [2.75, 3.05) is 0 Å². The average Bonchev–Trinajstić information content (AvgIpc) is 2.76. The predicted molar refractivity (Wildman–Crippen MR) is 69.9 cm³/mol. The van der Waals surface area contributed by atoms with E-state index in [9.17, 15) is 10.2 Å². The Bertz CT molecular complexity index is 664. The van der Waals surface area contributed by atoms with Crippen LogP contribution in [0.1, 0.15) is 0 Å². The van der Waals surface area contributed by atoms with Crippen LogP contribution < -0.4 is 0 Å². The Hall–Kier alpha value is -2.27. The second-order valence-corrected chi connectivity index (χ2v) is 3.68. The molecule has 0 aliphatic heterocycles. The Kier molecular flexibility index (Phi) is 3.08. The maximum absolute atomic E-state index is 9.43. The van der Waals surface area contributed by atoms with Crippen LogP contribution in [-0.2, 0) is 0 Å². The summed E-state index contributed by atoms with van der Waals surface area (Å²) in [6.45, 7) is 0. The average molecular weight is 264 g/mol. The van der Waals surface area contributed by atoms with Gasteiger partial charge in [0.1, 0.15) is 5.82 Å². The van der Waals surface area contributed by atoms with Gasteiger partial charge in [-0.3, -0.25) is 4.98 Å². The van der Waals surface area contributed by atoms with Crippen molar-refractivity contribution < 1.29 is 10.2 Å². The van der Waals surface area contributed by atoms with Crippen LogP contribution >= 0.6 is 12.4 Å². The van der Waals surface area contributed by atoms with Gasteiger partial charge in [0.05, 0.1) is 17.2 Å². The van der Waals surface area contributed by atoms with Crippen LogP contribution in [0.15, 0.2) is 36.7 Å². The second-order valence-electron chi connectivity index (χ2n) is 3.68. The summed E-state index contributed by atoms with van der Waals surface area (Å²) >= 11 is 0. The van der Waals surface area contributed by atoms with E-state index in [2.05, 4.69) is 15.0 Å². The number of aromatic hydroxyl groups is 2. The Morgan fingerprint density at radius 1 is 1.06 bits per heavy atom. The Labute approximate surface area is 109 Å². The van der Waals surface area contributed by atoms with E-state index in [1.165, 1.54) is 12.1 Å². The van der Waals surface area contributed by atoms with E-state index in [-0.39, 0.29) is 23.9 Å². The summed E-state index contributed by atoms with van der Waals surface area (Å²) in [6.07, 6.45) is 3.35. The monoisotopic (exact) mass is 263 g/mol. The molecule has 1 aromatic carbocycles. The first-order chi connectivity index (χ1) is 8.24. The highest BCUT2D eigenvalue weighted by Crippen LogP contribution is 2.29. The number of rotatable bonds is 1. The van der Waals surface area contributed by atoms with Gasteiger partial charge in [-0.1, -0.05) is 0 Å². The van der Waals surface area contributed by atoms with Crippen molar-refractivity contribution in [2.24, 2.45) is 0 Å². The highest BCUT2D eigenvalue weighted by molar-refractivity contribution is 5.85. The van der Waals surface area contributed by atoms with Crippen molar-refractivity contribution in [1.29, 1.82) is 0 Å². The molecule has 18 heavy (non-hydrogen) atoms. The van der Waals surface area contributed by atoms with Crippen molar-refractivity contribution in [3.63, 3.8) is 0 Å². The van der Waals surface area contributed by atoms with E-state index in [0.717, 1.165) is 11.0 Å². The molecule has 0 spiro atoms. The molecule has 3 rings (SSSR count). The predicted octanol–water partition coefficient (Wildman–Crippen LogP) is 2.46. The minimum atomic E-state index is -0.166. The molecule has 0 fully saturated rings. The molecule has 92 valence electrons. The van der Waals surface area contributed by atoms with E-state index in [1.807, 2.05) is 0 Å². The molecule has 3 N–H and O–H groups in total. The smallest absolute Gasteiger partial charge is 0.158 e. The topological polar surface area (TPSA) is 82.0 Å². The van der Waals surface area contributed by atoms with Gasteiger partial charge in [0, 0.05) is 11.8 Å². The number of aromatic amines is 1. The zero-order valence-electron chi connectivity index (χ0n) is 9.16. The number of nitrogens with one attached hydrogen (secondary N) is 1. The molecule has 0 saturated heterocycles. The molecule has 0 radical (unpaired) electrons. The largest absolute Gasteiger partial charge is 0.504 e. The number of H-pyrrole nitrogens is 1. The Morgan fingerprint density at radius 3 is 2.61 bits per heavy atom. The number of phenols is 2. The zero-order valence-corrected chi connectivity index (χ0v) is 9.98. The van der Waals surface area contributed by atoms with Crippen LogP contribution in [0.2, 0.25) is 0 Å². The fourth-order valence-corrected chi connectivity index (χ4v) is 1.66. The van der Waals surface area contributed by atoms with E-state index < -0.39 is 0 Å². The van der Waals surface area contributed by atoms with Gasteiger partial charge in [-0.2, -0.15) is 0 Å². The summed E-state index contributed by atoms with van der Waals surface area (Å²) < 4.78 is 0. The molecule has 0 aliphatic carbocycles.